The zero-order valence-electron chi connectivity index (χ0n) is 14.1. The van der Waals surface area contributed by atoms with Crippen molar-refractivity contribution in [3.63, 3.8) is 0 Å². The van der Waals surface area contributed by atoms with Gasteiger partial charge in [0.15, 0.2) is 0 Å². The standard InChI is InChI=1S/C18H15ClN4O3/c1-11-3-6-14(7-4-11)22-17(9-12(2)21-22)20-18(24)13-5-8-15(19)16(10-13)23(25)26/h3-10H,1-2H3,(H,20,24). The highest BCUT2D eigenvalue weighted by Crippen LogP contribution is 2.26. The van der Waals surface area contributed by atoms with Gasteiger partial charge in [-0.25, -0.2) is 4.68 Å². The van der Waals surface area contributed by atoms with Crippen LogP contribution in [0.4, 0.5) is 11.5 Å². The predicted molar refractivity (Wildman–Crippen MR) is 99.1 cm³/mol. The number of nitro groups is 1. The van der Waals surface area contributed by atoms with E-state index >= 15 is 0 Å². The van der Waals surface area contributed by atoms with Gasteiger partial charge < -0.3 is 5.32 Å². The number of carbonyl (C=O) groups is 1. The Morgan fingerprint density at radius 2 is 1.85 bits per heavy atom. The minimum atomic E-state index is -0.625. The second-order valence-electron chi connectivity index (χ2n) is 5.80. The van der Waals surface area contributed by atoms with Gasteiger partial charge in [0, 0.05) is 17.7 Å². The Morgan fingerprint density at radius 1 is 1.15 bits per heavy atom. The first-order chi connectivity index (χ1) is 12.3. The molecule has 0 saturated heterocycles. The fourth-order valence-corrected chi connectivity index (χ4v) is 2.64. The summed E-state index contributed by atoms with van der Waals surface area (Å²) in [5.41, 5.74) is 2.44. The quantitative estimate of drug-likeness (QED) is 0.547. The average Bonchev–Trinajstić information content (AvgIpc) is 2.96. The molecule has 0 bridgehead atoms. The SMILES string of the molecule is Cc1ccc(-n2nc(C)cc2NC(=O)c2ccc(Cl)c([N+](=O)[O-])c2)cc1. The summed E-state index contributed by atoms with van der Waals surface area (Å²) in [5.74, 6) is -0.0213. The summed E-state index contributed by atoms with van der Waals surface area (Å²) in [6.45, 7) is 3.79. The number of benzene rings is 2. The average molecular weight is 371 g/mol. The van der Waals surface area contributed by atoms with E-state index in [1.807, 2.05) is 38.1 Å². The number of nitrogens with zero attached hydrogens (tertiary/aromatic N) is 3. The van der Waals surface area contributed by atoms with Crippen LogP contribution >= 0.6 is 11.6 Å². The van der Waals surface area contributed by atoms with Crippen molar-refractivity contribution in [2.45, 2.75) is 13.8 Å². The summed E-state index contributed by atoms with van der Waals surface area (Å²) in [7, 11) is 0. The Morgan fingerprint density at radius 3 is 2.50 bits per heavy atom. The zero-order chi connectivity index (χ0) is 18.8. The molecule has 0 aliphatic heterocycles. The number of anilines is 1. The topological polar surface area (TPSA) is 90.1 Å². The number of nitrogens with one attached hydrogen (secondary N) is 1. The smallest absolute Gasteiger partial charge is 0.288 e. The molecule has 0 atom stereocenters. The summed E-state index contributed by atoms with van der Waals surface area (Å²) in [4.78, 5) is 22.9. The molecule has 0 spiro atoms. The second-order valence-corrected chi connectivity index (χ2v) is 6.20. The molecule has 0 radical (unpaired) electrons. The van der Waals surface area contributed by atoms with Gasteiger partial charge in [0.05, 0.1) is 16.3 Å². The maximum Gasteiger partial charge on any atom is 0.288 e. The van der Waals surface area contributed by atoms with E-state index in [0.29, 0.717) is 5.82 Å². The van der Waals surface area contributed by atoms with Gasteiger partial charge in [-0.2, -0.15) is 5.10 Å². The molecule has 0 saturated carbocycles. The molecule has 2 aromatic carbocycles. The Bertz CT molecular complexity index is 996. The molecule has 1 heterocycles. The lowest BCUT2D eigenvalue weighted by molar-refractivity contribution is -0.384. The molecule has 0 aliphatic rings. The third kappa shape index (κ3) is 3.57. The number of aromatic nitrogens is 2. The summed E-state index contributed by atoms with van der Waals surface area (Å²) >= 11 is 5.79. The van der Waals surface area contributed by atoms with Gasteiger partial charge in [0.1, 0.15) is 10.8 Å². The molecule has 0 fully saturated rings. The van der Waals surface area contributed by atoms with Crippen LogP contribution in [0.3, 0.4) is 0 Å². The molecule has 0 unspecified atom stereocenters. The van der Waals surface area contributed by atoms with Gasteiger partial charge in [0.25, 0.3) is 11.6 Å². The lowest BCUT2D eigenvalue weighted by Crippen LogP contribution is -2.15. The number of aryl methyl sites for hydroxylation is 2. The Balaban J connectivity index is 1.92. The van der Waals surface area contributed by atoms with Gasteiger partial charge >= 0.3 is 0 Å². The van der Waals surface area contributed by atoms with E-state index in [-0.39, 0.29) is 16.3 Å². The number of amides is 1. The van der Waals surface area contributed by atoms with Crippen LogP contribution < -0.4 is 5.32 Å². The van der Waals surface area contributed by atoms with Gasteiger partial charge in [-0.1, -0.05) is 29.3 Å². The van der Waals surface area contributed by atoms with E-state index in [2.05, 4.69) is 10.4 Å². The molecule has 7 nitrogen and oxygen atoms in total. The van der Waals surface area contributed by atoms with Gasteiger partial charge in [-0.3, -0.25) is 14.9 Å². The zero-order valence-corrected chi connectivity index (χ0v) is 14.8. The first-order valence-corrected chi connectivity index (χ1v) is 8.12. The van der Waals surface area contributed by atoms with Crippen LogP contribution in [0.15, 0.2) is 48.5 Å². The van der Waals surface area contributed by atoms with Crippen molar-refractivity contribution in [2.24, 2.45) is 0 Å². The van der Waals surface area contributed by atoms with Crippen LogP contribution in [0, 0.1) is 24.0 Å². The number of rotatable bonds is 4. The molecule has 8 heteroatoms. The summed E-state index contributed by atoms with van der Waals surface area (Å²) in [6.07, 6.45) is 0. The van der Waals surface area contributed by atoms with Crippen LogP contribution in [0.1, 0.15) is 21.6 Å². The molecule has 26 heavy (non-hydrogen) atoms. The van der Waals surface area contributed by atoms with Crippen LogP contribution in [0.25, 0.3) is 5.69 Å². The van der Waals surface area contributed by atoms with Crippen LogP contribution in [-0.2, 0) is 0 Å². The van der Waals surface area contributed by atoms with E-state index in [0.717, 1.165) is 23.0 Å². The minimum absolute atomic E-state index is 0.0212. The number of hydrogen-bond donors (Lipinski definition) is 1. The van der Waals surface area contributed by atoms with Crippen LogP contribution in [0.5, 0.6) is 0 Å². The normalized spacial score (nSPS) is 10.6. The molecule has 1 N–H and O–H groups in total. The van der Waals surface area contributed by atoms with Crippen molar-refractivity contribution < 1.29 is 9.72 Å². The Hall–Kier alpha value is -3.19. The highest BCUT2D eigenvalue weighted by molar-refractivity contribution is 6.32. The van der Waals surface area contributed by atoms with Gasteiger partial charge in [-0.05, 0) is 38.1 Å². The van der Waals surface area contributed by atoms with Crippen molar-refractivity contribution in [3.8, 4) is 5.69 Å². The number of halogens is 1. The third-order valence-corrected chi connectivity index (χ3v) is 4.08. The minimum Gasteiger partial charge on any atom is -0.306 e. The molecule has 3 rings (SSSR count). The molecule has 1 aromatic heterocycles. The maximum absolute atomic E-state index is 12.5. The van der Waals surface area contributed by atoms with E-state index in [1.165, 1.54) is 12.1 Å². The monoisotopic (exact) mass is 370 g/mol. The Labute approximate surface area is 154 Å². The first kappa shape index (κ1) is 17.6. The lowest BCUT2D eigenvalue weighted by Gasteiger charge is -2.09. The summed E-state index contributed by atoms with van der Waals surface area (Å²) in [6, 6.07) is 13.3. The third-order valence-electron chi connectivity index (χ3n) is 3.76. The van der Waals surface area contributed by atoms with Gasteiger partial charge in [0.2, 0.25) is 0 Å². The van der Waals surface area contributed by atoms with Crippen molar-refractivity contribution in [3.05, 3.63) is 80.5 Å². The highest BCUT2D eigenvalue weighted by Gasteiger charge is 2.18. The summed E-state index contributed by atoms with van der Waals surface area (Å²) in [5, 5.41) is 18.1. The Kier molecular flexibility index (Phi) is 4.73. The van der Waals surface area contributed by atoms with E-state index in [4.69, 9.17) is 11.6 Å². The van der Waals surface area contributed by atoms with Crippen molar-refractivity contribution in [1.29, 1.82) is 0 Å². The number of carbonyl (C=O) groups excluding carboxylic acids is 1. The number of hydrogen-bond acceptors (Lipinski definition) is 4. The van der Waals surface area contributed by atoms with E-state index in [1.54, 1.807) is 10.7 Å². The lowest BCUT2D eigenvalue weighted by atomic mass is 10.2. The van der Waals surface area contributed by atoms with E-state index in [9.17, 15) is 14.9 Å². The predicted octanol–water partition coefficient (Wildman–Crippen LogP) is 4.30. The fourth-order valence-electron chi connectivity index (χ4n) is 2.45. The second kappa shape index (κ2) is 6.97. The first-order valence-electron chi connectivity index (χ1n) is 7.74. The van der Waals surface area contributed by atoms with Crippen LogP contribution in [-0.4, -0.2) is 20.6 Å². The number of nitro benzene ring substituents is 1. The van der Waals surface area contributed by atoms with Crippen molar-refractivity contribution >= 4 is 29.0 Å². The highest BCUT2D eigenvalue weighted by atomic mass is 35.5. The van der Waals surface area contributed by atoms with Crippen molar-refractivity contribution in [1.82, 2.24) is 9.78 Å². The van der Waals surface area contributed by atoms with E-state index < -0.39 is 10.8 Å². The molecular weight excluding hydrogens is 356 g/mol. The summed E-state index contributed by atoms with van der Waals surface area (Å²) < 4.78 is 1.61. The molecule has 132 valence electrons. The molecular formula is C18H15ClN4O3. The molecule has 1 amide bonds. The molecule has 3 aromatic rings. The molecule has 0 aliphatic carbocycles. The largest absolute Gasteiger partial charge is 0.306 e. The van der Waals surface area contributed by atoms with Crippen LogP contribution in [0.2, 0.25) is 5.02 Å². The fraction of sp³-hybridized carbons (Fsp3) is 0.111. The van der Waals surface area contributed by atoms with Crippen molar-refractivity contribution in [2.75, 3.05) is 5.32 Å². The van der Waals surface area contributed by atoms with Gasteiger partial charge in [-0.15, -0.1) is 0 Å². The maximum atomic E-state index is 12.5.